The first-order valence-corrected chi connectivity index (χ1v) is 8.52. The summed E-state index contributed by atoms with van der Waals surface area (Å²) in [6.45, 7) is 4.48. The van der Waals surface area contributed by atoms with Crippen molar-refractivity contribution in [2.24, 2.45) is 0 Å². The van der Waals surface area contributed by atoms with Crippen molar-refractivity contribution in [3.8, 4) is 5.75 Å². The van der Waals surface area contributed by atoms with Crippen LogP contribution in [0.4, 0.5) is 4.39 Å². The average molecular weight is 342 g/mol. The molecular formula is C20H23FN2O2. The van der Waals surface area contributed by atoms with Crippen LogP contribution in [0.15, 0.2) is 48.5 Å². The molecular weight excluding hydrogens is 319 g/mol. The van der Waals surface area contributed by atoms with E-state index in [2.05, 4.69) is 16.8 Å². The number of rotatable bonds is 6. The van der Waals surface area contributed by atoms with Crippen molar-refractivity contribution in [1.82, 2.24) is 9.80 Å². The van der Waals surface area contributed by atoms with E-state index < -0.39 is 0 Å². The summed E-state index contributed by atoms with van der Waals surface area (Å²) in [5.41, 5.74) is 1.46. The molecule has 1 aliphatic rings. The zero-order chi connectivity index (χ0) is 17.6. The number of Topliss-reactive ketones (excluding diaryl/α,β-unsaturated/α-hetero) is 1. The first-order chi connectivity index (χ1) is 12.1. The smallest absolute Gasteiger partial charge is 0.180 e. The second kappa shape index (κ2) is 8.23. The van der Waals surface area contributed by atoms with Gasteiger partial charge in [-0.15, -0.1) is 0 Å². The maximum atomic E-state index is 13.0. The molecule has 0 amide bonds. The van der Waals surface area contributed by atoms with Gasteiger partial charge in [-0.1, -0.05) is 24.3 Å². The van der Waals surface area contributed by atoms with E-state index >= 15 is 0 Å². The quantitative estimate of drug-likeness (QED) is 0.756. The van der Waals surface area contributed by atoms with Crippen LogP contribution < -0.4 is 4.74 Å². The van der Waals surface area contributed by atoms with E-state index in [1.807, 2.05) is 12.1 Å². The van der Waals surface area contributed by atoms with Crippen molar-refractivity contribution in [1.29, 1.82) is 0 Å². The van der Waals surface area contributed by atoms with E-state index in [1.54, 1.807) is 24.3 Å². The van der Waals surface area contributed by atoms with Crippen molar-refractivity contribution >= 4 is 5.78 Å². The van der Waals surface area contributed by atoms with Crippen LogP contribution in [0.1, 0.15) is 15.9 Å². The maximum Gasteiger partial charge on any atom is 0.180 e. The molecule has 0 N–H and O–H groups in total. The van der Waals surface area contributed by atoms with Crippen LogP contribution in [0.3, 0.4) is 0 Å². The summed E-state index contributed by atoms with van der Waals surface area (Å²) in [4.78, 5) is 17.1. The zero-order valence-corrected chi connectivity index (χ0v) is 14.5. The van der Waals surface area contributed by atoms with Crippen LogP contribution in [-0.2, 0) is 6.61 Å². The molecule has 0 aliphatic carbocycles. The lowest BCUT2D eigenvalue weighted by Gasteiger charge is -2.31. The minimum absolute atomic E-state index is 0.0688. The number of nitrogens with zero attached hydrogens (tertiary/aromatic N) is 2. The van der Waals surface area contributed by atoms with Gasteiger partial charge in [0.15, 0.2) is 5.78 Å². The molecule has 2 aromatic rings. The van der Waals surface area contributed by atoms with E-state index in [4.69, 9.17) is 4.74 Å². The molecule has 4 nitrogen and oxygen atoms in total. The summed E-state index contributed by atoms with van der Waals surface area (Å²) < 4.78 is 18.8. The molecule has 0 saturated carbocycles. The van der Waals surface area contributed by atoms with Crippen LogP contribution in [0.2, 0.25) is 0 Å². The first-order valence-electron chi connectivity index (χ1n) is 8.52. The van der Waals surface area contributed by atoms with Crippen molar-refractivity contribution in [3.63, 3.8) is 0 Å². The highest BCUT2D eigenvalue weighted by molar-refractivity contribution is 6.00. The Bertz CT molecular complexity index is 710. The summed E-state index contributed by atoms with van der Waals surface area (Å²) >= 11 is 0. The molecule has 2 aromatic carbocycles. The Morgan fingerprint density at radius 2 is 1.72 bits per heavy atom. The predicted molar refractivity (Wildman–Crippen MR) is 95.4 cm³/mol. The lowest BCUT2D eigenvalue weighted by molar-refractivity contribution is 0.0872. The summed E-state index contributed by atoms with van der Waals surface area (Å²) in [5.74, 6) is 0.372. The van der Waals surface area contributed by atoms with Gasteiger partial charge in [0.05, 0.1) is 12.1 Å². The third-order valence-corrected chi connectivity index (χ3v) is 4.46. The number of carbonyl (C=O) groups excluding carboxylic acids is 1. The molecule has 0 atom stereocenters. The van der Waals surface area contributed by atoms with Crippen molar-refractivity contribution in [2.75, 3.05) is 39.8 Å². The number of likely N-dealkylation sites (N-methyl/N-ethyl adjacent to an activating group) is 1. The van der Waals surface area contributed by atoms with Gasteiger partial charge in [-0.3, -0.25) is 9.69 Å². The molecule has 5 heteroatoms. The number of benzene rings is 2. The Kier molecular flexibility index (Phi) is 5.79. The Balaban J connectivity index is 1.63. The van der Waals surface area contributed by atoms with Crippen LogP contribution in [0, 0.1) is 5.82 Å². The van der Waals surface area contributed by atoms with Gasteiger partial charge in [0, 0.05) is 26.2 Å². The number of para-hydroxylation sites is 1. The second-order valence-corrected chi connectivity index (χ2v) is 6.41. The number of ketones is 1. The lowest BCUT2D eigenvalue weighted by Crippen LogP contribution is -2.46. The summed E-state index contributed by atoms with van der Waals surface area (Å²) in [5, 5.41) is 0. The zero-order valence-electron chi connectivity index (χ0n) is 14.5. The van der Waals surface area contributed by atoms with Gasteiger partial charge in [0.25, 0.3) is 0 Å². The summed E-state index contributed by atoms with van der Waals surface area (Å²) in [6, 6.07) is 13.5. The largest absolute Gasteiger partial charge is 0.488 e. The van der Waals surface area contributed by atoms with Crippen LogP contribution in [0.5, 0.6) is 5.75 Å². The summed E-state index contributed by atoms with van der Waals surface area (Å²) in [6.07, 6.45) is 0. The monoisotopic (exact) mass is 342 g/mol. The molecule has 3 rings (SSSR count). The van der Waals surface area contributed by atoms with Gasteiger partial charge in [-0.2, -0.15) is 0 Å². The standard InChI is InChI=1S/C20H23FN2O2/c1-22-10-12-23(13-11-22)14-19(24)18-4-2-3-5-20(18)25-15-16-6-8-17(21)9-7-16/h2-9H,10-15H2,1H3. The van der Waals surface area contributed by atoms with Crippen LogP contribution in [0.25, 0.3) is 0 Å². The topological polar surface area (TPSA) is 32.8 Å². The van der Waals surface area contributed by atoms with Crippen LogP contribution in [-0.4, -0.2) is 55.4 Å². The van der Waals surface area contributed by atoms with Gasteiger partial charge in [-0.05, 0) is 36.9 Å². The van der Waals surface area contributed by atoms with E-state index in [0.717, 1.165) is 31.7 Å². The number of hydrogen-bond acceptors (Lipinski definition) is 4. The maximum absolute atomic E-state index is 13.0. The number of hydrogen-bond donors (Lipinski definition) is 0. The molecule has 0 aromatic heterocycles. The SMILES string of the molecule is CN1CCN(CC(=O)c2ccccc2OCc2ccc(F)cc2)CC1. The Morgan fingerprint density at radius 1 is 1.04 bits per heavy atom. The van der Waals surface area contributed by atoms with E-state index in [0.29, 0.717) is 24.5 Å². The predicted octanol–water partition coefficient (Wildman–Crippen LogP) is 2.83. The van der Waals surface area contributed by atoms with Gasteiger partial charge in [0.2, 0.25) is 0 Å². The highest BCUT2D eigenvalue weighted by Gasteiger charge is 2.19. The number of halogens is 1. The Morgan fingerprint density at radius 3 is 2.44 bits per heavy atom. The molecule has 1 fully saturated rings. The molecule has 0 spiro atoms. The van der Waals surface area contributed by atoms with Crippen LogP contribution >= 0.6 is 0 Å². The molecule has 0 unspecified atom stereocenters. The fraction of sp³-hybridized carbons (Fsp3) is 0.350. The van der Waals surface area contributed by atoms with Crippen molar-refractivity contribution in [3.05, 3.63) is 65.5 Å². The second-order valence-electron chi connectivity index (χ2n) is 6.41. The molecule has 0 radical (unpaired) electrons. The Labute approximate surface area is 147 Å². The fourth-order valence-corrected chi connectivity index (χ4v) is 2.86. The van der Waals surface area contributed by atoms with Gasteiger partial charge < -0.3 is 9.64 Å². The molecule has 132 valence electrons. The Hall–Kier alpha value is -2.24. The average Bonchev–Trinajstić information content (AvgIpc) is 2.63. The van der Waals surface area contributed by atoms with Gasteiger partial charge in [0.1, 0.15) is 18.2 Å². The van der Waals surface area contributed by atoms with Gasteiger partial charge in [-0.25, -0.2) is 4.39 Å². The van der Waals surface area contributed by atoms with Crippen molar-refractivity contribution < 1.29 is 13.9 Å². The minimum Gasteiger partial charge on any atom is -0.488 e. The number of ether oxygens (including phenoxy) is 1. The minimum atomic E-state index is -0.272. The fourth-order valence-electron chi connectivity index (χ4n) is 2.86. The molecule has 1 heterocycles. The molecule has 0 bridgehead atoms. The molecule has 1 saturated heterocycles. The van der Waals surface area contributed by atoms with E-state index in [1.165, 1.54) is 12.1 Å². The van der Waals surface area contributed by atoms with Gasteiger partial charge >= 0.3 is 0 Å². The summed E-state index contributed by atoms with van der Waals surface area (Å²) in [7, 11) is 2.09. The van der Waals surface area contributed by atoms with E-state index in [9.17, 15) is 9.18 Å². The number of piperazine rings is 1. The van der Waals surface area contributed by atoms with Crippen molar-refractivity contribution in [2.45, 2.75) is 6.61 Å². The lowest BCUT2D eigenvalue weighted by atomic mass is 10.1. The molecule has 25 heavy (non-hydrogen) atoms. The normalized spacial score (nSPS) is 15.9. The first kappa shape index (κ1) is 17.6. The van der Waals surface area contributed by atoms with E-state index in [-0.39, 0.29) is 11.6 Å². The third-order valence-electron chi connectivity index (χ3n) is 4.46. The number of carbonyl (C=O) groups is 1. The highest BCUT2D eigenvalue weighted by Crippen LogP contribution is 2.20. The highest BCUT2D eigenvalue weighted by atomic mass is 19.1. The molecule has 1 aliphatic heterocycles. The third kappa shape index (κ3) is 4.87.